The number of rotatable bonds is 5. The Bertz CT molecular complexity index is 649. The fourth-order valence-corrected chi connectivity index (χ4v) is 2.54. The molecule has 1 fully saturated rings. The molecule has 120 valence electrons. The number of ether oxygens (including phenoxy) is 1. The zero-order valence-corrected chi connectivity index (χ0v) is 13.2. The monoisotopic (exact) mass is 312 g/mol. The Morgan fingerprint density at radius 3 is 2.61 bits per heavy atom. The molecule has 0 aliphatic carbocycles. The Kier molecular flexibility index (Phi) is 4.71. The number of anilines is 2. The summed E-state index contributed by atoms with van der Waals surface area (Å²) in [5.74, 6) is 1.26. The van der Waals surface area contributed by atoms with Gasteiger partial charge < -0.3 is 15.0 Å². The maximum absolute atomic E-state index is 12.2. The van der Waals surface area contributed by atoms with Gasteiger partial charge in [-0.25, -0.2) is 9.97 Å². The van der Waals surface area contributed by atoms with E-state index in [1.54, 1.807) is 18.3 Å². The molecule has 3 rings (SSSR count). The van der Waals surface area contributed by atoms with Gasteiger partial charge >= 0.3 is 0 Å². The van der Waals surface area contributed by atoms with Gasteiger partial charge in [0.15, 0.2) is 0 Å². The molecule has 0 unspecified atom stereocenters. The molecule has 0 atom stereocenters. The van der Waals surface area contributed by atoms with Crippen LogP contribution in [-0.4, -0.2) is 35.6 Å². The molecule has 2 aromatic heterocycles. The van der Waals surface area contributed by atoms with E-state index in [9.17, 15) is 4.79 Å². The lowest BCUT2D eigenvalue weighted by Gasteiger charge is -2.16. The van der Waals surface area contributed by atoms with E-state index in [1.807, 2.05) is 19.1 Å². The zero-order valence-electron chi connectivity index (χ0n) is 13.2. The molecule has 1 saturated heterocycles. The van der Waals surface area contributed by atoms with Gasteiger partial charge in [-0.2, -0.15) is 0 Å². The summed E-state index contributed by atoms with van der Waals surface area (Å²) in [4.78, 5) is 23.0. The first kappa shape index (κ1) is 15.3. The van der Waals surface area contributed by atoms with Crippen molar-refractivity contribution in [2.45, 2.75) is 19.8 Å². The molecule has 2 aromatic rings. The second kappa shape index (κ2) is 7.09. The van der Waals surface area contributed by atoms with Gasteiger partial charge in [-0.15, -0.1) is 0 Å². The highest BCUT2D eigenvalue weighted by Crippen LogP contribution is 2.19. The lowest BCUT2D eigenvalue weighted by Crippen LogP contribution is -2.19. The number of pyridine rings is 2. The molecule has 1 aliphatic heterocycles. The van der Waals surface area contributed by atoms with Gasteiger partial charge in [0.1, 0.15) is 5.82 Å². The van der Waals surface area contributed by atoms with Crippen molar-refractivity contribution in [3.05, 3.63) is 42.2 Å². The van der Waals surface area contributed by atoms with Crippen molar-refractivity contribution in [3.8, 4) is 5.88 Å². The standard InChI is InChI=1S/C17H20N4O2/c1-2-23-16-8-5-13(11-19-16)17(22)20-14-6-7-15(18-12-14)21-9-3-4-10-21/h5-8,11-12H,2-4,9-10H2,1H3,(H,20,22). The normalized spacial score (nSPS) is 13.9. The number of nitrogens with one attached hydrogen (secondary N) is 1. The maximum Gasteiger partial charge on any atom is 0.257 e. The minimum atomic E-state index is -0.212. The second-order valence-corrected chi connectivity index (χ2v) is 5.37. The molecule has 0 aromatic carbocycles. The van der Waals surface area contributed by atoms with Crippen LogP contribution in [0.2, 0.25) is 0 Å². The summed E-state index contributed by atoms with van der Waals surface area (Å²) < 4.78 is 5.26. The van der Waals surface area contributed by atoms with Gasteiger partial charge in [0.05, 0.1) is 24.1 Å². The second-order valence-electron chi connectivity index (χ2n) is 5.37. The smallest absolute Gasteiger partial charge is 0.257 e. The summed E-state index contributed by atoms with van der Waals surface area (Å²) in [6.07, 6.45) is 5.62. The molecular formula is C17H20N4O2. The molecule has 3 heterocycles. The van der Waals surface area contributed by atoms with E-state index in [1.165, 1.54) is 19.0 Å². The predicted octanol–water partition coefficient (Wildman–Crippen LogP) is 2.73. The first-order valence-corrected chi connectivity index (χ1v) is 7.87. The Balaban J connectivity index is 1.62. The van der Waals surface area contributed by atoms with E-state index >= 15 is 0 Å². The van der Waals surface area contributed by atoms with Crippen LogP contribution in [0, 0.1) is 0 Å². The van der Waals surface area contributed by atoms with Crippen LogP contribution in [-0.2, 0) is 0 Å². The third kappa shape index (κ3) is 3.77. The minimum absolute atomic E-state index is 0.212. The van der Waals surface area contributed by atoms with E-state index in [0.717, 1.165) is 18.9 Å². The summed E-state index contributed by atoms with van der Waals surface area (Å²) in [6, 6.07) is 7.20. The molecule has 6 nitrogen and oxygen atoms in total. The van der Waals surface area contributed by atoms with Crippen LogP contribution in [0.5, 0.6) is 5.88 Å². The topological polar surface area (TPSA) is 67.3 Å². The minimum Gasteiger partial charge on any atom is -0.478 e. The third-order valence-corrected chi connectivity index (χ3v) is 3.73. The van der Waals surface area contributed by atoms with E-state index in [-0.39, 0.29) is 5.91 Å². The van der Waals surface area contributed by atoms with Gasteiger partial charge in [-0.1, -0.05) is 0 Å². The van der Waals surface area contributed by atoms with E-state index < -0.39 is 0 Å². The number of hydrogen-bond donors (Lipinski definition) is 1. The third-order valence-electron chi connectivity index (χ3n) is 3.73. The number of hydrogen-bond acceptors (Lipinski definition) is 5. The zero-order chi connectivity index (χ0) is 16.1. The van der Waals surface area contributed by atoms with Crippen molar-refractivity contribution in [3.63, 3.8) is 0 Å². The highest BCUT2D eigenvalue weighted by molar-refractivity contribution is 6.04. The number of amides is 1. The molecule has 0 saturated carbocycles. The molecule has 23 heavy (non-hydrogen) atoms. The molecule has 1 amide bonds. The summed E-state index contributed by atoms with van der Waals surface area (Å²) in [6.45, 7) is 4.54. The summed E-state index contributed by atoms with van der Waals surface area (Å²) in [5, 5.41) is 2.83. The van der Waals surface area contributed by atoms with Crippen LogP contribution in [0.4, 0.5) is 11.5 Å². The van der Waals surface area contributed by atoms with Crippen molar-refractivity contribution < 1.29 is 9.53 Å². The first-order valence-electron chi connectivity index (χ1n) is 7.87. The number of carbonyl (C=O) groups is 1. The van der Waals surface area contributed by atoms with Crippen molar-refractivity contribution in [2.75, 3.05) is 29.9 Å². The maximum atomic E-state index is 12.2. The van der Waals surface area contributed by atoms with Crippen LogP contribution in [0.25, 0.3) is 0 Å². The van der Waals surface area contributed by atoms with Crippen LogP contribution < -0.4 is 15.0 Å². The summed E-state index contributed by atoms with van der Waals surface area (Å²) >= 11 is 0. The quantitative estimate of drug-likeness (QED) is 0.919. The molecule has 6 heteroatoms. The Labute approximate surface area is 135 Å². The predicted molar refractivity (Wildman–Crippen MR) is 89.0 cm³/mol. The largest absolute Gasteiger partial charge is 0.478 e. The Morgan fingerprint density at radius 1 is 1.17 bits per heavy atom. The highest BCUT2D eigenvalue weighted by Gasteiger charge is 2.13. The molecule has 0 radical (unpaired) electrons. The summed E-state index contributed by atoms with van der Waals surface area (Å²) in [5.41, 5.74) is 1.16. The van der Waals surface area contributed by atoms with Crippen molar-refractivity contribution in [2.24, 2.45) is 0 Å². The molecule has 1 aliphatic rings. The average Bonchev–Trinajstić information content (AvgIpc) is 3.11. The van der Waals surface area contributed by atoms with Crippen LogP contribution in [0.15, 0.2) is 36.7 Å². The first-order chi connectivity index (χ1) is 11.3. The Hall–Kier alpha value is -2.63. The number of aromatic nitrogens is 2. The van der Waals surface area contributed by atoms with Crippen molar-refractivity contribution >= 4 is 17.4 Å². The molecule has 0 bridgehead atoms. The van der Waals surface area contributed by atoms with Crippen molar-refractivity contribution in [1.82, 2.24) is 9.97 Å². The van der Waals surface area contributed by atoms with Crippen molar-refractivity contribution in [1.29, 1.82) is 0 Å². The van der Waals surface area contributed by atoms with E-state index in [2.05, 4.69) is 20.2 Å². The van der Waals surface area contributed by atoms with E-state index in [0.29, 0.717) is 23.7 Å². The van der Waals surface area contributed by atoms with Gasteiger partial charge in [0.2, 0.25) is 5.88 Å². The summed E-state index contributed by atoms with van der Waals surface area (Å²) in [7, 11) is 0. The Morgan fingerprint density at radius 2 is 2.00 bits per heavy atom. The van der Waals surface area contributed by atoms with Gasteiger partial charge in [-0.3, -0.25) is 4.79 Å². The fourth-order valence-electron chi connectivity index (χ4n) is 2.54. The molecular weight excluding hydrogens is 292 g/mol. The van der Waals surface area contributed by atoms with Gasteiger partial charge in [0, 0.05) is 25.4 Å². The molecule has 0 spiro atoms. The average molecular weight is 312 g/mol. The lowest BCUT2D eigenvalue weighted by molar-refractivity contribution is 0.102. The lowest BCUT2D eigenvalue weighted by atomic mass is 10.2. The fraction of sp³-hybridized carbons (Fsp3) is 0.353. The SMILES string of the molecule is CCOc1ccc(C(=O)Nc2ccc(N3CCCC3)nc2)cn1. The van der Waals surface area contributed by atoms with Gasteiger partial charge in [0.25, 0.3) is 5.91 Å². The number of carbonyl (C=O) groups excluding carboxylic acids is 1. The van der Waals surface area contributed by atoms with Crippen LogP contribution in [0.3, 0.4) is 0 Å². The molecule has 1 N–H and O–H groups in total. The van der Waals surface area contributed by atoms with Crippen LogP contribution >= 0.6 is 0 Å². The van der Waals surface area contributed by atoms with Crippen LogP contribution in [0.1, 0.15) is 30.1 Å². The number of nitrogens with zero attached hydrogens (tertiary/aromatic N) is 3. The van der Waals surface area contributed by atoms with Gasteiger partial charge in [-0.05, 0) is 38.0 Å². The highest BCUT2D eigenvalue weighted by atomic mass is 16.5. The van der Waals surface area contributed by atoms with E-state index in [4.69, 9.17) is 4.74 Å².